The molecule has 11 atom stereocenters. The molecule has 3 heteroatoms. The number of allylic oxidation sites excluding steroid dienone is 2. The average Bonchev–Trinajstić information content (AvgIpc) is 3.24. The predicted octanol–water partition coefficient (Wildman–Crippen LogP) is 2.96. The van der Waals surface area contributed by atoms with Gasteiger partial charge in [-0.1, -0.05) is 42.5 Å². The second-order valence-corrected chi connectivity index (χ2v) is 10.2. The first-order chi connectivity index (χ1) is 13.1. The second kappa shape index (κ2) is 3.76. The molecular formula is C24H20O3. The Morgan fingerprint density at radius 3 is 2.26 bits per heavy atom. The molecule has 0 amide bonds. The van der Waals surface area contributed by atoms with E-state index in [1.807, 2.05) is 30.3 Å². The minimum absolute atomic E-state index is 0.000368. The summed E-state index contributed by atoms with van der Waals surface area (Å²) < 4.78 is 0. The highest BCUT2D eigenvalue weighted by molar-refractivity contribution is 6.13. The normalized spacial score (nSPS) is 58.9. The van der Waals surface area contributed by atoms with E-state index in [2.05, 4.69) is 12.2 Å². The molecule has 1 aromatic rings. The lowest BCUT2D eigenvalue weighted by atomic mass is 9.27. The molecule has 4 bridgehead atoms. The smallest absolute Gasteiger partial charge is 0.166 e. The lowest BCUT2D eigenvalue weighted by Crippen LogP contribution is -2.77. The summed E-state index contributed by atoms with van der Waals surface area (Å²) >= 11 is 0. The molecule has 0 heterocycles. The standard InChI is InChI=1S/C24H20O3/c25-20(10-4-2-1-3-5-10)12-8-11-6-7-15(12)24-19-14-9-13-16(17(14)22(24)27)21(26)23(11,24)18(13)19/h1-7,11-19H,8-9H2/t11?,12-,13?,14?,15?,16?,17?,18?,19?,23?,24?/m1/s1. The van der Waals surface area contributed by atoms with E-state index in [9.17, 15) is 14.4 Å². The molecule has 1 aromatic carbocycles. The largest absolute Gasteiger partial charge is 0.299 e. The zero-order valence-electron chi connectivity index (χ0n) is 14.9. The maximum atomic E-state index is 13.8. The van der Waals surface area contributed by atoms with E-state index >= 15 is 0 Å². The Morgan fingerprint density at radius 1 is 0.852 bits per heavy atom. The molecule has 27 heavy (non-hydrogen) atoms. The monoisotopic (exact) mass is 356 g/mol. The number of ketones is 3. The molecule has 0 radical (unpaired) electrons. The van der Waals surface area contributed by atoms with Crippen molar-refractivity contribution in [2.45, 2.75) is 12.8 Å². The molecule has 2 spiro atoms. The van der Waals surface area contributed by atoms with Gasteiger partial charge in [0.25, 0.3) is 0 Å². The average molecular weight is 356 g/mol. The van der Waals surface area contributed by atoms with E-state index in [1.165, 1.54) is 0 Å². The number of Topliss-reactive ketones (excluding diaryl/α,β-unsaturated/α-hetero) is 3. The summed E-state index contributed by atoms with van der Waals surface area (Å²) in [6.07, 6.45) is 6.26. The molecule has 134 valence electrons. The topological polar surface area (TPSA) is 51.2 Å². The van der Waals surface area contributed by atoms with Crippen LogP contribution in [0.4, 0.5) is 0 Å². The van der Waals surface area contributed by atoms with Crippen LogP contribution in [0.3, 0.4) is 0 Å². The van der Waals surface area contributed by atoms with Gasteiger partial charge in [-0.05, 0) is 42.4 Å². The maximum Gasteiger partial charge on any atom is 0.166 e. The number of fused-ring (bicyclic) bond motifs is 2. The van der Waals surface area contributed by atoms with Gasteiger partial charge in [0.2, 0.25) is 0 Å². The van der Waals surface area contributed by atoms with Crippen LogP contribution in [0.15, 0.2) is 42.5 Å². The minimum Gasteiger partial charge on any atom is -0.299 e. The zero-order chi connectivity index (χ0) is 17.9. The summed E-state index contributed by atoms with van der Waals surface area (Å²) in [4.78, 5) is 40.9. The van der Waals surface area contributed by atoms with Crippen molar-refractivity contribution in [3.63, 3.8) is 0 Å². The fraction of sp³-hybridized carbons (Fsp3) is 0.542. The third-order valence-corrected chi connectivity index (χ3v) is 10.3. The van der Waals surface area contributed by atoms with Gasteiger partial charge in [0.15, 0.2) is 5.78 Å². The van der Waals surface area contributed by atoms with Crippen molar-refractivity contribution in [2.24, 2.45) is 64.1 Å². The molecule has 0 N–H and O–H groups in total. The van der Waals surface area contributed by atoms with Crippen LogP contribution < -0.4 is 0 Å². The van der Waals surface area contributed by atoms with Crippen molar-refractivity contribution in [1.82, 2.24) is 0 Å². The van der Waals surface area contributed by atoms with Crippen molar-refractivity contribution in [3.05, 3.63) is 48.0 Å². The first-order valence-corrected chi connectivity index (χ1v) is 10.5. The van der Waals surface area contributed by atoms with Gasteiger partial charge in [0, 0.05) is 29.2 Å². The van der Waals surface area contributed by atoms with Crippen LogP contribution in [-0.4, -0.2) is 17.3 Å². The Bertz CT molecular complexity index is 1020. The van der Waals surface area contributed by atoms with Crippen molar-refractivity contribution >= 4 is 17.3 Å². The van der Waals surface area contributed by atoms with Crippen molar-refractivity contribution in [3.8, 4) is 0 Å². The van der Waals surface area contributed by atoms with Gasteiger partial charge in [-0.3, -0.25) is 14.4 Å². The first-order valence-electron chi connectivity index (χ1n) is 10.5. The first kappa shape index (κ1) is 14.0. The predicted molar refractivity (Wildman–Crippen MR) is 95.4 cm³/mol. The highest BCUT2D eigenvalue weighted by Gasteiger charge is 2.99. The number of benzene rings is 1. The van der Waals surface area contributed by atoms with Crippen LogP contribution in [-0.2, 0) is 9.59 Å². The molecule has 10 unspecified atom stereocenters. The quantitative estimate of drug-likeness (QED) is 0.605. The number of carbonyl (C=O) groups is 3. The number of rotatable bonds is 2. The number of carbonyl (C=O) groups excluding carboxylic acids is 3. The van der Waals surface area contributed by atoms with Gasteiger partial charge < -0.3 is 0 Å². The van der Waals surface area contributed by atoms with E-state index in [1.54, 1.807) is 0 Å². The Kier molecular flexibility index (Phi) is 1.96. The van der Waals surface area contributed by atoms with Gasteiger partial charge >= 0.3 is 0 Å². The Labute approximate surface area is 157 Å². The summed E-state index contributed by atoms with van der Waals surface area (Å²) in [5, 5.41) is 0. The Hall–Kier alpha value is -2.03. The highest BCUT2D eigenvalue weighted by Crippen LogP contribution is 2.95. The lowest BCUT2D eigenvalue weighted by molar-refractivity contribution is -0.239. The lowest BCUT2D eigenvalue weighted by Gasteiger charge is -2.73. The summed E-state index contributed by atoms with van der Waals surface area (Å²) in [6.45, 7) is 0. The summed E-state index contributed by atoms with van der Waals surface area (Å²) in [5.74, 6) is 2.71. The van der Waals surface area contributed by atoms with Crippen LogP contribution in [0.2, 0.25) is 0 Å². The number of hydrogen-bond acceptors (Lipinski definition) is 3. The van der Waals surface area contributed by atoms with Crippen molar-refractivity contribution in [1.29, 1.82) is 0 Å². The highest BCUT2D eigenvalue weighted by atomic mass is 16.2. The molecule has 0 aromatic heterocycles. The second-order valence-electron chi connectivity index (χ2n) is 10.2. The summed E-state index contributed by atoms with van der Waals surface area (Å²) in [6, 6.07) is 9.53. The minimum atomic E-state index is -0.515. The van der Waals surface area contributed by atoms with Crippen LogP contribution >= 0.6 is 0 Å². The van der Waals surface area contributed by atoms with Gasteiger partial charge in [-0.25, -0.2) is 0 Å². The van der Waals surface area contributed by atoms with Gasteiger partial charge in [0.05, 0.1) is 10.8 Å². The molecular weight excluding hydrogens is 336 g/mol. The van der Waals surface area contributed by atoms with Crippen LogP contribution in [0.25, 0.3) is 0 Å². The van der Waals surface area contributed by atoms with Crippen molar-refractivity contribution in [2.75, 3.05) is 0 Å². The fourth-order valence-electron chi connectivity index (χ4n) is 10.3. The molecule has 3 nitrogen and oxygen atoms in total. The van der Waals surface area contributed by atoms with Crippen LogP contribution in [0.5, 0.6) is 0 Å². The summed E-state index contributed by atoms with van der Waals surface area (Å²) in [7, 11) is 0. The fourth-order valence-corrected chi connectivity index (χ4v) is 10.3. The van der Waals surface area contributed by atoms with Crippen LogP contribution in [0.1, 0.15) is 23.2 Å². The number of hydrogen-bond donors (Lipinski definition) is 0. The maximum absolute atomic E-state index is 13.8. The van der Waals surface area contributed by atoms with E-state index < -0.39 is 10.8 Å². The molecule has 6 saturated carbocycles. The Morgan fingerprint density at radius 2 is 1.52 bits per heavy atom. The van der Waals surface area contributed by atoms with Crippen molar-refractivity contribution < 1.29 is 14.4 Å². The van der Waals surface area contributed by atoms with Gasteiger partial charge in [-0.2, -0.15) is 0 Å². The molecule has 8 aliphatic rings. The summed E-state index contributed by atoms with van der Waals surface area (Å²) in [5.41, 5.74) is -0.183. The van der Waals surface area contributed by atoms with Crippen LogP contribution in [0, 0.1) is 64.1 Å². The Balaban J connectivity index is 1.35. The SMILES string of the molecule is O=C(c1ccccc1)[C@@H]1CC2C=CC1C13C(=O)C4C5CC6C4C(=O)C21C6C53. The third kappa shape index (κ3) is 0.992. The molecule has 8 aliphatic carbocycles. The van der Waals surface area contributed by atoms with E-state index in [0.717, 1.165) is 18.4 Å². The van der Waals surface area contributed by atoms with E-state index in [-0.39, 0.29) is 35.4 Å². The molecule has 9 rings (SSSR count). The molecule has 0 saturated heterocycles. The van der Waals surface area contributed by atoms with E-state index in [4.69, 9.17) is 0 Å². The van der Waals surface area contributed by atoms with Gasteiger partial charge in [0.1, 0.15) is 11.6 Å². The zero-order valence-corrected chi connectivity index (χ0v) is 14.9. The molecule has 6 fully saturated rings. The molecule has 0 aliphatic heterocycles. The van der Waals surface area contributed by atoms with Gasteiger partial charge in [-0.15, -0.1) is 0 Å². The van der Waals surface area contributed by atoms with E-state index in [0.29, 0.717) is 35.2 Å². The third-order valence-electron chi connectivity index (χ3n) is 10.3.